The van der Waals surface area contributed by atoms with Crippen molar-refractivity contribution in [1.82, 2.24) is 5.32 Å². The molecule has 0 amide bonds. The lowest BCUT2D eigenvalue weighted by atomic mass is 9.99. The number of nitrogens with one attached hydrogen (secondary N) is 1. The van der Waals surface area contributed by atoms with Crippen molar-refractivity contribution >= 4 is 9.84 Å². The van der Waals surface area contributed by atoms with Crippen LogP contribution in [0, 0.1) is 0 Å². The number of sulfone groups is 1. The van der Waals surface area contributed by atoms with Gasteiger partial charge in [0, 0.05) is 11.6 Å². The van der Waals surface area contributed by atoms with Gasteiger partial charge in [0.25, 0.3) is 0 Å². The maximum absolute atomic E-state index is 11.3. The Balaban J connectivity index is 1.93. The van der Waals surface area contributed by atoms with Gasteiger partial charge in [-0.05, 0) is 26.2 Å². The van der Waals surface area contributed by atoms with Crippen LogP contribution in [0.4, 0.5) is 0 Å². The van der Waals surface area contributed by atoms with Crippen molar-refractivity contribution in [1.29, 1.82) is 0 Å². The quantitative estimate of drug-likeness (QED) is 0.753. The molecule has 0 aromatic carbocycles. The van der Waals surface area contributed by atoms with E-state index in [-0.39, 0.29) is 11.6 Å². The molecular formula is C10H19NO2S. The van der Waals surface area contributed by atoms with E-state index in [1.165, 1.54) is 25.7 Å². The molecule has 0 aromatic heterocycles. The van der Waals surface area contributed by atoms with Gasteiger partial charge in [-0.1, -0.05) is 12.8 Å². The summed E-state index contributed by atoms with van der Waals surface area (Å²) in [5.74, 6) is 0.726. The molecule has 1 heterocycles. The van der Waals surface area contributed by atoms with E-state index in [2.05, 4.69) is 12.2 Å². The van der Waals surface area contributed by atoms with E-state index >= 15 is 0 Å². The number of rotatable bonds is 2. The van der Waals surface area contributed by atoms with Crippen molar-refractivity contribution in [3.8, 4) is 0 Å². The van der Waals surface area contributed by atoms with Crippen LogP contribution in [-0.4, -0.2) is 31.5 Å². The first-order valence-electron chi connectivity index (χ1n) is 5.47. The molecule has 2 aliphatic rings. The van der Waals surface area contributed by atoms with Crippen molar-refractivity contribution in [3.63, 3.8) is 0 Å². The average molecular weight is 217 g/mol. The molecule has 1 saturated carbocycles. The van der Waals surface area contributed by atoms with E-state index in [1.807, 2.05) is 0 Å². The molecule has 2 fully saturated rings. The van der Waals surface area contributed by atoms with E-state index < -0.39 is 9.84 Å². The summed E-state index contributed by atoms with van der Waals surface area (Å²) in [7, 11) is -2.73. The molecule has 1 saturated heterocycles. The minimum Gasteiger partial charge on any atom is -0.308 e. The predicted octanol–water partition coefficient (Wildman–Crippen LogP) is 1.10. The summed E-state index contributed by atoms with van der Waals surface area (Å²) in [5, 5.41) is 3.53. The van der Waals surface area contributed by atoms with Gasteiger partial charge in [0.1, 0.15) is 0 Å². The Hall–Kier alpha value is -0.0900. The Kier molecular flexibility index (Phi) is 2.60. The predicted molar refractivity (Wildman–Crippen MR) is 57.1 cm³/mol. The van der Waals surface area contributed by atoms with Gasteiger partial charge >= 0.3 is 0 Å². The zero-order valence-corrected chi connectivity index (χ0v) is 9.57. The molecule has 1 aliphatic heterocycles. The molecule has 1 unspecified atom stereocenters. The maximum Gasteiger partial charge on any atom is 0.151 e. The number of hydrogen-bond acceptors (Lipinski definition) is 3. The van der Waals surface area contributed by atoms with Crippen LogP contribution in [-0.2, 0) is 9.84 Å². The molecule has 1 atom stereocenters. The molecular weight excluding hydrogens is 198 g/mol. The summed E-state index contributed by atoms with van der Waals surface area (Å²) in [6.07, 6.45) is 5.76. The molecule has 14 heavy (non-hydrogen) atoms. The summed E-state index contributed by atoms with van der Waals surface area (Å²) in [6, 6.07) is 0.211. The first kappa shape index (κ1) is 10.4. The molecule has 2 rings (SSSR count). The summed E-state index contributed by atoms with van der Waals surface area (Å²) in [4.78, 5) is 0. The SMILES string of the molecule is CC1(NC2CCS(=O)(=O)C2)CCCC1. The normalized spacial score (nSPS) is 34.8. The Morgan fingerprint density at radius 2 is 1.93 bits per heavy atom. The lowest BCUT2D eigenvalue weighted by Crippen LogP contribution is -2.46. The van der Waals surface area contributed by atoms with Gasteiger partial charge in [0.2, 0.25) is 0 Å². The first-order valence-corrected chi connectivity index (χ1v) is 7.29. The Morgan fingerprint density at radius 1 is 1.29 bits per heavy atom. The van der Waals surface area contributed by atoms with E-state index in [9.17, 15) is 8.42 Å². The number of hydrogen-bond donors (Lipinski definition) is 1. The van der Waals surface area contributed by atoms with Crippen LogP contribution in [0.25, 0.3) is 0 Å². The van der Waals surface area contributed by atoms with Crippen LogP contribution < -0.4 is 5.32 Å². The van der Waals surface area contributed by atoms with Crippen molar-refractivity contribution in [2.45, 2.75) is 50.6 Å². The fourth-order valence-corrected chi connectivity index (χ4v) is 4.37. The Morgan fingerprint density at radius 3 is 2.43 bits per heavy atom. The van der Waals surface area contributed by atoms with Gasteiger partial charge < -0.3 is 5.32 Å². The minimum absolute atomic E-state index is 0.211. The van der Waals surface area contributed by atoms with E-state index in [1.54, 1.807) is 0 Å². The highest BCUT2D eigenvalue weighted by molar-refractivity contribution is 7.91. The molecule has 4 heteroatoms. The molecule has 1 aliphatic carbocycles. The second-order valence-corrected chi connectivity index (χ2v) is 7.24. The zero-order valence-electron chi connectivity index (χ0n) is 8.75. The lowest BCUT2D eigenvalue weighted by molar-refractivity contribution is 0.326. The van der Waals surface area contributed by atoms with Gasteiger partial charge in [-0.2, -0.15) is 0 Å². The van der Waals surface area contributed by atoms with Gasteiger partial charge in [-0.25, -0.2) is 8.42 Å². The van der Waals surface area contributed by atoms with E-state index in [4.69, 9.17) is 0 Å². The molecule has 82 valence electrons. The van der Waals surface area contributed by atoms with Gasteiger partial charge in [-0.15, -0.1) is 0 Å². The summed E-state index contributed by atoms with van der Waals surface area (Å²) in [6.45, 7) is 2.23. The van der Waals surface area contributed by atoms with Crippen molar-refractivity contribution < 1.29 is 8.42 Å². The third kappa shape index (κ3) is 2.28. The Labute approximate surface area is 86.2 Å². The lowest BCUT2D eigenvalue weighted by Gasteiger charge is -2.29. The fraction of sp³-hybridized carbons (Fsp3) is 1.00. The van der Waals surface area contributed by atoms with Crippen LogP contribution in [0.15, 0.2) is 0 Å². The molecule has 0 radical (unpaired) electrons. The molecule has 3 nitrogen and oxygen atoms in total. The van der Waals surface area contributed by atoms with E-state index in [0.29, 0.717) is 11.5 Å². The molecule has 0 spiro atoms. The van der Waals surface area contributed by atoms with Crippen LogP contribution in [0.2, 0.25) is 0 Å². The third-order valence-corrected chi connectivity index (χ3v) is 5.26. The zero-order chi connectivity index (χ0) is 10.2. The van der Waals surface area contributed by atoms with Crippen LogP contribution in [0.5, 0.6) is 0 Å². The fourth-order valence-electron chi connectivity index (χ4n) is 2.70. The van der Waals surface area contributed by atoms with Crippen LogP contribution >= 0.6 is 0 Å². The largest absolute Gasteiger partial charge is 0.308 e. The second-order valence-electron chi connectivity index (χ2n) is 5.01. The van der Waals surface area contributed by atoms with Crippen molar-refractivity contribution in [3.05, 3.63) is 0 Å². The second kappa shape index (κ2) is 3.49. The Bertz CT molecular complexity index is 304. The molecule has 1 N–H and O–H groups in total. The third-order valence-electron chi connectivity index (χ3n) is 3.49. The molecule has 0 aromatic rings. The topological polar surface area (TPSA) is 46.2 Å². The van der Waals surface area contributed by atoms with E-state index in [0.717, 1.165) is 6.42 Å². The summed E-state index contributed by atoms with van der Waals surface area (Å²) >= 11 is 0. The minimum atomic E-state index is -2.73. The smallest absolute Gasteiger partial charge is 0.151 e. The highest BCUT2D eigenvalue weighted by Crippen LogP contribution is 2.30. The summed E-state index contributed by atoms with van der Waals surface area (Å²) < 4.78 is 22.6. The highest BCUT2D eigenvalue weighted by Gasteiger charge is 2.35. The maximum atomic E-state index is 11.3. The summed E-state index contributed by atoms with van der Waals surface area (Å²) in [5.41, 5.74) is 0.213. The van der Waals surface area contributed by atoms with Crippen molar-refractivity contribution in [2.24, 2.45) is 0 Å². The molecule has 0 bridgehead atoms. The standard InChI is InChI=1S/C10H19NO2S/c1-10(5-2-3-6-10)11-9-4-7-14(12,13)8-9/h9,11H,2-8H2,1H3. The van der Waals surface area contributed by atoms with Crippen LogP contribution in [0.3, 0.4) is 0 Å². The monoisotopic (exact) mass is 217 g/mol. The van der Waals surface area contributed by atoms with Gasteiger partial charge in [0.05, 0.1) is 11.5 Å². The highest BCUT2D eigenvalue weighted by atomic mass is 32.2. The first-order chi connectivity index (χ1) is 6.49. The van der Waals surface area contributed by atoms with Crippen LogP contribution in [0.1, 0.15) is 39.0 Å². The van der Waals surface area contributed by atoms with Gasteiger partial charge in [-0.3, -0.25) is 0 Å². The van der Waals surface area contributed by atoms with Crippen molar-refractivity contribution in [2.75, 3.05) is 11.5 Å². The average Bonchev–Trinajstić information content (AvgIpc) is 2.59. The van der Waals surface area contributed by atoms with Gasteiger partial charge in [0.15, 0.2) is 9.84 Å².